The first-order chi connectivity index (χ1) is 15.1. The van der Waals surface area contributed by atoms with Crippen molar-refractivity contribution in [3.8, 4) is 5.75 Å². The van der Waals surface area contributed by atoms with Gasteiger partial charge in [-0.25, -0.2) is 0 Å². The molecule has 4 saturated heterocycles. The first kappa shape index (κ1) is 23.4. The zero-order valence-corrected chi connectivity index (χ0v) is 19.8. The van der Waals surface area contributed by atoms with Gasteiger partial charge in [-0.05, 0) is 74.6 Å². The van der Waals surface area contributed by atoms with Crippen LogP contribution in [0.2, 0.25) is 0 Å². The van der Waals surface area contributed by atoms with Gasteiger partial charge in [-0.3, -0.25) is 9.59 Å². The van der Waals surface area contributed by atoms with Crippen molar-refractivity contribution in [3.05, 3.63) is 29.8 Å². The van der Waals surface area contributed by atoms with Crippen LogP contribution < -0.4 is 10.1 Å². The summed E-state index contributed by atoms with van der Waals surface area (Å²) in [7, 11) is 1.69. The summed E-state index contributed by atoms with van der Waals surface area (Å²) in [5, 5.41) is 3.44. The number of carbonyl (C=O) groups is 2. The van der Waals surface area contributed by atoms with Crippen LogP contribution in [0.15, 0.2) is 24.3 Å². The highest BCUT2D eigenvalue weighted by atomic mass is 35.5. The fourth-order valence-corrected chi connectivity index (χ4v) is 6.54. The lowest BCUT2D eigenvalue weighted by Crippen LogP contribution is -2.67. The number of ether oxygens (including phenoxy) is 1. The van der Waals surface area contributed by atoms with E-state index in [2.05, 4.69) is 27.2 Å². The molecule has 1 aromatic carbocycles. The predicted molar refractivity (Wildman–Crippen MR) is 126 cm³/mol. The third-order valence-corrected chi connectivity index (χ3v) is 8.00. The van der Waals surface area contributed by atoms with Gasteiger partial charge >= 0.3 is 0 Å². The molecular formula is C25H36ClN3O3. The molecule has 7 heteroatoms. The number of likely N-dealkylation sites (tertiary alicyclic amines) is 1. The third kappa shape index (κ3) is 4.49. The maximum absolute atomic E-state index is 13.3. The van der Waals surface area contributed by atoms with Crippen LogP contribution in [0.4, 0.5) is 0 Å². The molecule has 0 radical (unpaired) electrons. The molecule has 0 saturated carbocycles. The van der Waals surface area contributed by atoms with E-state index in [1.165, 1.54) is 5.56 Å². The number of nitrogens with one attached hydrogen (secondary N) is 1. The van der Waals surface area contributed by atoms with Crippen molar-refractivity contribution in [2.24, 2.45) is 11.8 Å². The van der Waals surface area contributed by atoms with E-state index in [1.807, 2.05) is 12.1 Å². The normalized spacial score (nSPS) is 32.0. The molecule has 4 aliphatic heterocycles. The molecule has 6 nitrogen and oxygen atoms in total. The zero-order valence-electron chi connectivity index (χ0n) is 19.0. The summed E-state index contributed by atoms with van der Waals surface area (Å²) in [5.74, 6) is 2.21. The SMILES string of the molecule is COc1cccc(C[C@H]2[C@H]3C[C@H](CN(C(=O)[C@@H]4CCCCN4)C3)[C@@H]3CCCC(=O)N32)c1.Cl. The van der Waals surface area contributed by atoms with Crippen LogP contribution in [0.5, 0.6) is 5.75 Å². The Morgan fingerprint density at radius 1 is 1.16 bits per heavy atom. The van der Waals surface area contributed by atoms with Gasteiger partial charge in [-0.15, -0.1) is 12.4 Å². The van der Waals surface area contributed by atoms with E-state index >= 15 is 0 Å². The maximum atomic E-state index is 13.3. The van der Waals surface area contributed by atoms with E-state index in [0.29, 0.717) is 24.2 Å². The van der Waals surface area contributed by atoms with Crippen molar-refractivity contribution in [2.45, 2.75) is 69.5 Å². The summed E-state index contributed by atoms with van der Waals surface area (Å²) >= 11 is 0. The molecular weight excluding hydrogens is 426 g/mol. The number of fused-ring (bicyclic) bond motifs is 4. The summed E-state index contributed by atoms with van der Waals surface area (Å²) < 4.78 is 5.43. The second-order valence-corrected chi connectivity index (χ2v) is 9.89. The number of methoxy groups -OCH3 is 1. The van der Waals surface area contributed by atoms with Gasteiger partial charge in [0.15, 0.2) is 0 Å². The first-order valence-corrected chi connectivity index (χ1v) is 12.1. The number of hydrogen-bond donors (Lipinski definition) is 1. The molecule has 5 atom stereocenters. The monoisotopic (exact) mass is 461 g/mol. The standard InChI is InChI=1S/C25H35N3O3.ClH/c1-31-20-7-4-6-17(12-20)13-23-19-14-18(22-9-5-10-24(29)28(22)23)15-27(16-19)25(30)21-8-2-3-11-26-21;/h4,6-7,12,18-19,21-23,26H,2-3,5,8-11,13-16H2,1H3;1H/t18-,19+,21+,22+,23+;/m1./s1. The van der Waals surface area contributed by atoms with Crippen molar-refractivity contribution in [1.82, 2.24) is 15.1 Å². The Morgan fingerprint density at radius 2 is 2.00 bits per heavy atom. The molecule has 0 unspecified atom stereocenters. The van der Waals surface area contributed by atoms with Crippen LogP contribution in [0.3, 0.4) is 0 Å². The fourth-order valence-electron chi connectivity index (χ4n) is 6.54. The van der Waals surface area contributed by atoms with Gasteiger partial charge in [0.1, 0.15) is 5.75 Å². The largest absolute Gasteiger partial charge is 0.497 e. The van der Waals surface area contributed by atoms with Crippen molar-refractivity contribution in [3.63, 3.8) is 0 Å². The summed E-state index contributed by atoms with van der Waals surface area (Å²) in [5.41, 5.74) is 1.21. The summed E-state index contributed by atoms with van der Waals surface area (Å²) in [6.45, 7) is 2.53. The van der Waals surface area contributed by atoms with E-state index in [-0.39, 0.29) is 36.4 Å². The smallest absolute Gasteiger partial charge is 0.239 e. The minimum atomic E-state index is -0.0199. The number of halogens is 1. The van der Waals surface area contributed by atoms with Crippen LogP contribution in [-0.4, -0.2) is 66.5 Å². The molecule has 5 rings (SSSR count). The van der Waals surface area contributed by atoms with Gasteiger partial charge < -0.3 is 19.9 Å². The lowest BCUT2D eigenvalue weighted by Gasteiger charge is -2.57. The summed E-state index contributed by atoms with van der Waals surface area (Å²) in [6.07, 6.45) is 7.92. The van der Waals surface area contributed by atoms with E-state index in [0.717, 1.165) is 70.3 Å². The lowest BCUT2D eigenvalue weighted by molar-refractivity contribution is -0.156. The van der Waals surface area contributed by atoms with Crippen LogP contribution in [0, 0.1) is 11.8 Å². The Balaban J connectivity index is 0.00000245. The second-order valence-electron chi connectivity index (χ2n) is 9.89. The molecule has 0 aliphatic carbocycles. The van der Waals surface area contributed by atoms with Crippen molar-refractivity contribution in [1.29, 1.82) is 0 Å². The Bertz CT molecular complexity index is 828. The number of benzene rings is 1. The molecule has 176 valence electrons. The van der Waals surface area contributed by atoms with Gasteiger partial charge in [-0.1, -0.05) is 18.6 Å². The molecule has 2 amide bonds. The molecule has 1 aromatic rings. The van der Waals surface area contributed by atoms with Crippen LogP contribution in [0.25, 0.3) is 0 Å². The number of hydrogen-bond acceptors (Lipinski definition) is 4. The molecule has 0 aromatic heterocycles. The highest BCUT2D eigenvalue weighted by Gasteiger charge is 2.50. The molecule has 1 N–H and O–H groups in total. The predicted octanol–water partition coefficient (Wildman–Crippen LogP) is 3.03. The third-order valence-electron chi connectivity index (χ3n) is 8.00. The number of piperidine rings is 4. The summed E-state index contributed by atoms with van der Waals surface area (Å²) in [6, 6.07) is 8.64. The number of carbonyl (C=O) groups excluding carboxylic acids is 2. The molecule has 32 heavy (non-hydrogen) atoms. The molecule has 4 aliphatic rings. The number of rotatable bonds is 4. The van der Waals surface area contributed by atoms with Crippen molar-refractivity contribution < 1.29 is 14.3 Å². The minimum Gasteiger partial charge on any atom is -0.497 e. The molecule has 2 bridgehead atoms. The van der Waals surface area contributed by atoms with E-state index < -0.39 is 0 Å². The molecule has 4 heterocycles. The fraction of sp³-hybridized carbons (Fsp3) is 0.680. The van der Waals surface area contributed by atoms with E-state index in [4.69, 9.17) is 4.74 Å². The van der Waals surface area contributed by atoms with Crippen LogP contribution in [0.1, 0.15) is 50.5 Å². The lowest BCUT2D eigenvalue weighted by atomic mass is 9.70. The van der Waals surface area contributed by atoms with E-state index in [9.17, 15) is 9.59 Å². The van der Waals surface area contributed by atoms with Crippen molar-refractivity contribution in [2.75, 3.05) is 26.7 Å². The Hall–Kier alpha value is -1.79. The Morgan fingerprint density at radius 3 is 2.78 bits per heavy atom. The van der Waals surface area contributed by atoms with Gasteiger partial charge in [-0.2, -0.15) is 0 Å². The summed E-state index contributed by atoms with van der Waals surface area (Å²) in [4.78, 5) is 30.8. The number of amides is 2. The topological polar surface area (TPSA) is 61.9 Å². The maximum Gasteiger partial charge on any atom is 0.239 e. The highest BCUT2D eigenvalue weighted by molar-refractivity contribution is 5.85. The van der Waals surface area contributed by atoms with Crippen molar-refractivity contribution >= 4 is 24.2 Å². The molecule has 0 spiro atoms. The van der Waals surface area contributed by atoms with Gasteiger partial charge in [0, 0.05) is 31.6 Å². The first-order valence-electron chi connectivity index (χ1n) is 12.1. The second kappa shape index (κ2) is 10.0. The van der Waals surface area contributed by atoms with Gasteiger partial charge in [0.25, 0.3) is 0 Å². The van der Waals surface area contributed by atoms with Crippen LogP contribution >= 0.6 is 12.4 Å². The number of nitrogens with zero attached hydrogens (tertiary/aromatic N) is 2. The Kier molecular flexibility index (Phi) is 7.30. The highest BCUT2D eigenvalue weighted by Crippen LogP contribution is 2.43. The van der Waals surface area contributed by atoms with Gasteiger partial charge in [0.2, 0.25) is 11.8 Å². The van der Waals surface area contributed by atoms with E-state index in [1.54, 1.807) is 7.11 Å². The quantitative estimate of drug-likeness (QED) is 0.748. The average molecular weight is 462 g/mol. The average Bonchev–Trinajstić information content (AvgIpc) is 2.82. The molecule has 4 fully saturated rings. The van der Waals surface area contributed by atoms with Gasteiger partial charge in [0.05, 0.1) is 13.2 Å². The van der Waals surface area contributed by atoms with Crippen LogP contribution in [-0.2, 0) is 16.0 Å². The Labute approximate surface area is 197 Å². The zero-order chi connectivity index (χ0) is 21.4. The minimum absolute atomic E-state index is 0.